The van der Waals surface area contributed by atoms with E-state index in [4.69, 9.17) is 10.5 Å². The molecule has 1 amide bonds. The van der Waals surface area contributed by atoms with Crippen molar-refractivity contribution < 1.29 is 9.53 Å². The van der Waals surface area contributed by atoms with Crippen LogP contribution in [0.4, 0.5) is 0 Å². The van der Waals surface area contributed by atoms with Gasteiger partial charge in [0, 0.05) is 13.1 Å². The summed E-state index contributed by atoms with van der Waals surface area (Å²) in [7, 11) is 0. The van der Waals surface area contributed by atoms with Crippen LogP contribution < -0.4 is 11.1 Å². The Morgan fingerprint density at radius 1 is 1.57 bits per heavy atom. The monoisotopic (exact) mass is 200 g/mol. The van der Waals surface area contributed by atoms with Gasteiger partial charge >= 0.3 is 0 Å². The number of carbonyl (C=O) groups excluding carboxylic acids is 1. The highest BCUT2D eigenvalue weighted by molar-refractivity contribution is 5.85. The maximum Gasteiger partial charge on any atom is 0.227 e. The Morgan fingerprint density at radius 2 is 2.21 bits per heavy atom. The zero-order chi connectivity index (χ0) is 10.6. The van der Waals surface area contributed by atoms with E-state index in [0.717, 1.165) is 12.8 Å². The molecule has 4 heteroatoms. The quantitative estimate of drug-likeness (QED) is 0.605. The van der Waals surface area contributed by atoms with Crippen molar-refractivity contribution in [3.05, 3.63) is 0 Å². The number of rotatable bonds is 6. The molecule has 0 spiro atoms. The van der Waals surface area contributed by atoms with Gasteiger partial charge in [-0.25, -0.2) is 0 Å². The van der Waals surface area contributed by atoms with Crippen LogP contribution in [0.5, 0.6) is 0 Å². The first-order valence-electron chi connectivity index (χ1n) is 5.21. The molecule has 0 aromatic rings. The van der Waals surface area contributed by atoms with E-state index < -0.39 is 0 Å². The Labute approximate surface area is 85.2 Å². The van der Waals surface area contributed by atoms with Gasteiger partial charge in [-0.3, -0.25) is 4.79 Å². The third-order valence-corrected chi connectivity index (χ3v) is 2.56. The van der Waals surface area contributed by atoms with E-state index in [1.54, 1.807) is 0 Å². The average molecular weight is 200 g/mol. The summed E-state index contributed by atoms with van der Waals surface area (Å²) >= 11 is 0. The number of amides is 1. The van der Waals surface area contributed by atoms with Gasteiger partial charge in [0.15, 0.2) is 0 Å². The van der Waals surface area contributed by atoms with Gasteiger partial charge in [-0.2, -0.15) is 0 Å². The second-order valence-electron chi connectivity index (χ2n) is 4.16. The minimum atomic E-state index is -0.238. The lowest BCUT2D eigenvalue weighted by molar-refractivity contribution is -0.126. The van der Waals surface area contributed by atoms with Crippen molar-refractivity contribution in [3.63, 3.8) is 0 Å². The number of hydrogen-bond acceptors (Lipinski definition) is 3. The molecule has 1 rings (SSSR count). The smallest absolute Gasteiger partial charge is 0.227 e. The van der Waals surface area contributed by atoms with E-state index in [1.165, 1.54) is 0 Å². The summed E-state index contributed by atoms with van der Waals surface area (Å²) in [5.41, 5.74) is 5.29. The predicted octanol–water partition coefficient (Wildman–Crippen LogP) is 0.267. The van der Waals surface area contributed by atoms with E-state index in [-0.39, 0.29) is 17.4 Å². The minimum Gasteiger partial charge on any atom is -0.377 e. The summed E-state index contributed by atoms with van der Waals surface area (Å²) in [5, 5.41) is 2.85. The van der Waals surface area contributed by atoms with Crippen molar-refractivity contribution in [2.45, 2.75) is 32.8 Å². The van der Waals surface area contributed by atoms with Gasteiger partial charge in [-0.15, -0.1) is 0 Å². The molecule has 0 saturated heterocycles. The van der Waals surface area contributed by atoms with Gasteiger partial charge < -0.3 is 15.8 Å². The molecule has 1 aliphatic rings. The summed E-state index contributed by atoms with van der Waals surface area (Å²) in [6.45, 7) is 5.57. The fourth-order valence-electron chi connectivity index (χ4n) is 1.32. The molecule has 0 radical (unpaired) electrons. The van der Waals surface area contributed by atoms with Crippen LogP contribution in [0.3, 0.4) is 0 Å². The molecule has 0 bridgehead atoms. The number of ether oxygens (including phenoxy) is 1. The molecule has 0 aromatic carbocycles. The number of hydrogen-bond donors (Lipinski definition) is 2. The van der Waals surface area contributed by atoms with E-state index in [9.17, 15) is 4.79 Å². The van der Waals surface area contributed by atoms with Crippen LogP contribution >= 0.6 is 0 Å². The van der Waals surface area contributed by atoms with Crippen molar-refractivity contribution in [1.29, 1.82) is 0 Å². The van der Waals surface area contributed by atoms with E-state index in [1.807, 2.05) is 13.8 Å². The Morgan fingerprint density at radius 3 is 2.64 bits per heavy atom. The molecule has 1 fully saturated rings. The normalized spacial score (nSPS) is 18.3. The van der Waals surface area contributed by atoms with Gasteiger partial charge in [-0.05, 0) is 26.7 Å². The molecule has 1 saturated carbocycles. The number of carbonyl (C=O) groups is 1. The first-order valence-corrected chi connectivity index (χ1v) is 5.21. The van der Waals surface area contributed by atoms with Crippen LogP contribution in [0.2, 0.25) is 0 Å². The standard InChI is InChI=1S/C10H20N2O2/c1-8(2)14-6-5-12-9(13)10(7-11)3-4-10/h8H,3-7,11H2,1-2H3,(H,12,13). The SMILES string of the molecule is CC(C)OCCNC(=O)C1(CN)CC1. The highest BCUT2D eigenvalue weighted by atomic mass is 16.5. The summed E-state index contributed by atoms with van der Waals surface area (Å²) in [4.78, 5) is 11.6. The molecule has 3 N–H and O–H groups in total. The number of nitrogens with one attached hydrogen (secondary N) is 1. The molecule has 4 nitrogen and oxygen atoms in total. The zero-order valence-corrected chi connectivity index (χ0v) is 9.01. The van der Waals surface area contributed by atoms with Crippen LogP contribution in [-0.4, -0.2) is 31.7 Å². The largest absolute Gasteiger partial charge is 0.377 e. The lowest BCUT2D eigenvalue weighted by Crippen LogP contribution is -2.38. The van der Waals surface area contributed by atoms with Gasteiger partial charge in [0.25, 0.3) is 0 Å². The topological polar surface area (TPSA) is 64.3 Å². The van der Waals surface area contributed by atoms with E-state index >= 15 is 0 Å². The van der Waals surface area contributed by atoms with Crippen LogP contribution in [-0.2, 0) is 9.53 Å². The summed E-state index contributed by atoms with van der Waals surface area (Å²) < 4.78 is 5.31. The molecule has 0 heterocycles. The highest BCUT2D eigenvalue weighted by Crippen LogP contribution is 2.44. The summed E-state index contributed by atoms with van der Waals surface area (Å²) in [6.07, 6.45) is 2.08. The fraction of sp³-hybridized carbons (Fsp3) is 0.900. The molecule has 0 aromatic heterocycles. The first-order chi connectivity index (χ1) is 6.60. The second kappa shape index (κ2) is 4.75. The Bertz CT molecular complexity index is 200. The maximum atomic E-state index is 11.6. The molecule has 14 heavy (non-hydrogen) atoms. The summed E-state index contributed by atoms with van der Waals surface area (Å²) in [6, 6.07) is 0. The third kappa shape index (κ3) is 2.96. The lowest BCUT2D eigenvalue weighted by atomic mass is 10.1. The van der Waals surface area contributed by atoms with Crippen LogP contribution in [0.1, 0.15) is 26.7 Å². The van der Waals surface area contributed by atoms with Crippen molar-refractivity contribution in [2.75, 3.05) is 19.7 Å². The minimum absolute atomic E-state index is 0.0901. The molecule has 1 aliphatic carbocycles. The van der Waals surface area contributed by atoms with Gasteiger partial charge in [0.2, 0.25) is 5.91 Å². The zero-order valence-electron chi connectivity index (χ0n) is 9.01. The Balaban J connectivity index is 2.10. The molecule has 82 valence electrons. The van der Waals surface area contributed by atoms with Crippen molar-refractivity contribution in [3.8, 4) is 0 Å². The lowest BCUT2D eigenvalue weighted by Gasteiger charge is -2.13. The van der Waals surface area contributed by atoms with Gasteiger partial charge in [0.05, 0.1) is 18.1 Å². The number of nitrogens with two attached hydrogens (primary N) is 1. The maximum absolute atomic E-state index is 11.6. The second-order valence-corrected chi connectivity index (χ2v) is 4.16. The third-order valence-electron chi connectivity index (χ3n) is 2.56. The van der Waals surface area contributed by atoms with Crippen LogP contribution in [0.15, 0.2) is 0 Å². The molecule has 0 unspecified atom stereocenters. The highest BCUT2D eigenvalue weighted by Gasteiger charge is 2.48. The van der Waals surface area contributed by atoms with E-state index in [2.05, 4.69) is 5.32 Å². The molecular formula is C10H20N2O2. The first kappa shape index (κ1) is 11.5. The van der Waals surface area contributed by atoms with Crippen molar-refractivity contribution in [2.24, 2.45) is 11.1 Å². The van der Waals surface area contributed by atoms with Crippen LogP contribution in [0.25, 0.3) is 0 Å². The van der Waals surface area contributed by atoms with E-state index in [0.29, 0.717) is 19.7 Å². The van der Waals surface area contributed by atoms with Crippen molar-refractivity contribution in [1.82, 2.24) is 5.32 Å². The predicted molar refractivity (Wildman–Crippen MR) is 54.8 cm³/mol. The summed E-state index contributed by atoms with van der Waals surface area (Å²) in [5.74, 6) is 0.0901. The molecular weight excluding hydrogens is 180 g/mol. The fourth-order valence-corrected chi connectivity index (χ4v) is 1.32. The molecule has 0 atom stereocenters. The average Bonchev–Trinajstić information content (AvgIpc) is 2.92. The Kier molecular flexibility index (Phi) is 3.89. The Hall–Kier alpha value is -0.610. The van der Waals surface area contributed by atoms with Gasteiger partial charge in [-0.1, -0.05) is 0 Å². The van der Waals surface area contributed by atoms with Crippen LogP contribution in [0, 0.1) is 5.41 Å². The molecule has 0 aliphatic heterocycles. The van der Waals surface area contributed by atoms with Gasteiger partial charge in [0.1, 0.15) is 0 Å². The van der Waals surface area contributed by atoms with Crippen molar-refractivity contribution >= 4 is 5.91 Å².